The predicted molar refractivity (Wildman–Crippen MR) is 74.4 cm³/mol. The van der Waals surface area contributed by atoms with Crippen LogP contribution in [0.15, 0.2) is 42.1 Å². The van der Waals surface area contributed by atoms with Gasteiger partial charge in [-0.1, -0.05) is 55.7 Å². The van der Waals surface area contributed by atoms with Crippen molar-refractivity contribution in [2.24, 2.45) is 0 Å². The minimum absolute atomic E-state index is 1.01. The van der Waals surface area contributed by atoms with Crippen molar-refractivity contribution in [1.29, 1.82) is 0 Å². The van der Waals surface area contributed by atoms with Crippen LogP contribution in [0.4, 0.5) is 0 Å². The van der Waals surface area contributed by atoms with Crippen LogP contribution in [0, 0.1) is 0 Å². The molecule has 1 aromatic carbocycles. The van der Waals surface area contributed by atoms with E-state index in [1.165, 1.54) is 5.56 Å². The van der Waals surface area contributed by atoms with Gasteiger partial charge in [0.2, 0.25) is 0 Å². The summed E-state index contributed by atoms with van der Waals surface area (Å²) in [6, 6.07) is 10.7. The van der Waals surface area contributed by atoms with Gasteiger partial charge in [0.15, 0.2) is 0 Å². The molecule has 0 aliphatic rings. The molecule has 1 aromatic rings. The molecule has 1 N–H and O–H groups in total. The van der Waals surface area contributed by atoms with E-state index in [4.69, 9.17) is 0 Å². The van der Waals surface area contributed by atoms with E-state index in [9.17, 15) is 0 Å². The van der Waals surface area contributed by atoms with Gasteiger partial charge in [-0.3, -0.25) is 0 Å². The molecule has 0 aromatic heterocycles. The van der Waals surface area contributed by atoms with Crippen LogP contribution >= 0.6 is 0 Å². The van der Waals surface area contributed by atoms with Crippen molar-refractivity contribution in [3.05, 3.63) is 47.7 Å². The van der Waals surface area contributed by atoms with Gasteiger partial charge in [-0.05, 0) is 6.08 Å². The highest BCUT2D eigenvalue weighted by molar-refractivity contribution is 6.80. The summed E-state index contributed by atoms with van der Waals surface area (Å²) in [4.78, 5) is 1.54. The van der Waals surface area contributed by atoms with Gasteiger partial charge in [-0.25, -0.2) is 0 Å². The Labute approximate surface area is 101 Å². The normalized spacial score (nSPS) is 14.2. The molecule has 0 spiro atoms. The highest BCUT2D eigenvalue weighted by atomic mass is 28.3. The highest BCUT2D eigenvalue weighted by Gasteiger charge is 2.07. The van der Waals surface area contributed by atoms with Crippen LogP contribution < -0.4 is 4.90 Å². The van der Waals surface area contributed by atoms with Crippen molar-refractivity contribution >= 4 is 8.07 Å². The van der Waals surface area contributed by atoms with Gasteiger partial charge in [0, 0.05) is 5.56 Å². The monoisotopic (exact) mass is 234 g/mol. The average Bonchev–Trinajstić information content (AvgIpc) is 2.17. The fraction of sp³-hybridized carbons (Fsp3) is 0.429. The van der Waals surface area contributed by atoms with E-state index in [1.54, 1.807) is 4.90 Å². The van der Waals surface area contributed by atoms with Gasteiger partial charge in [0.25, 0.3) is 0 Å². The second-order valence-electron chi connectivity index (χ2n) is 5.59. The first kappa shape index (κ1) is 13.2. The minimum atomic E-state index is -1.01. The van der Waals surface area contributed by atoms with Crippen LogP contribution in [0.1, 0.15) is 5.56 Å². The first-order valence-electron chi connectivity index (χ1n) is 6.00. The molecule has 0 bridgehead atoms. The lowest BCUT2D eigenvalue weighted by molar-refractivity contribution is -0.887. The zero-order chi connectivity index (χ0) is 12.0. The summed E-state index contributed by atoms with van der Waals surface area (Å²) >= 11 is 0. The molecule has 0 saturated carbocycles. The Kier molecular flexibility index (Phi) is 4.96. The third kappa shape index (κ3) is 5.88. The number of benzene rings is 1. The average molecular weight is 234 g/mol. The lowest BCUT2D eigenvalue weighted by Gasteiger charge is -2.13. The maximum Gasteiger partial charge on any atom is 0.103 e. The third-order valence-corrected chi connectivity index (χ3v) is 3.67. The molecule has 0 saturated heterocycles. The highest BCUT2D eigenvalue weighted by Crippen LogP contribution is 2.00. The molecule has 1 atom stereocenters. The van der Waals surface area contributed by atoms with Crippen molar-refractivity contribution in [3.8, 4) is 0 Å². The van der Waals surface area contributed by atoms with E-state index in [0.29, 0.717) is 0 Å². The van der Waals surface area contributed by atoms with Crippen LogP contribution in [0.2, 0.25) is 19.6 Å². The van der Waals surface area contributed by atoms with Gasteiger partial charge in [-0.2, -0.15) is 0 Å². The summed E-state index contributed by atoms with van der Waals surface area (Å²) in [5, 5.41) is 0. The number of nitrogens with one attached hydrogen (secondary N) is 1. The molecule has 88 valence electrons. The molecular formula is C14H24NSi+. The van der Waals surface area contributed by atoms with Crippen LogP contribution in [0.25, 0.3) is 0 Å². The van der Waals surface area contributed by atoms with E-state index < -0.39 is 8.07 Å². The molecule has 2 heteroatoms. The third-order valence-electron chi connectivity index (χ3n) is 2.43. The number of hydrogen-bond acceptors (Lipinski definition) is 0. The largest absolute Gasteiger partial charge is 0.330 e. The molecule has 0 fully saturated rings. The minimum Gasteiger partial charge on any atom is -0.330 e. The summed E-state index contributed by atoms with van der Waals surface area (Å²) in [7, 11) is 1.24. The summed E-state index contributed by atoms with van der Waals surface area (Å²) in [5.41, 5.74) is 3.85. The first-order valence-corrected chi connectivity index (χ1v) is 9.58. The zero-order valence-electron chi connectivity index (χ0n) is 11.0. The maximum atomic E-state index is 2.43. The van der Waals surface area contributed by atoms with E-state index >= 15 is 0 Å². The summed E-state index contributed by atoms with van der Waals surface area (Å²) in [6.07, 6.45) is 2.35. The van der Waals surface area contributed by atoms with E-state index in [1.807, 2.05) is 0 Å². The lowest BCUT2D eigenvalue weighted by Crippen LogP contribution is -3.07. The van der Waals surface area contributed by atoms with Crippen molar-refractivity contribution in [2.75, 3.05) is 13.6 Å². The first-order chi connectivity index (χ1) is 7.47. The number of quaternary nitrogens is 1. The maximum absolute atomic E-state index is 2.43. The topological polar surface area (TPSA) is 4.44 Å². The summed E-state index contributed by atoms with van der Waals surface area (Å²) in [5.74, 6) is 0. The van der Waals surface area contributed by atoms with Crippen LogP contribution in [0.3, 0.4) is 0 Å². The number of hydrogen-bond donors (Lipinski definition) is 1. The smallest absolute Gasteiger partial charge is 0.103 e. The standard InChI is InChI=1S/C14H23NSi/c1-15(11-8-12-16(2,3)4)13-14-9-6-5-7-10-14/h5-10,12H,11,13H2,1-4H3/p+1/b12-8+. The second-order valence-corrected chi connectivity index (χ2v) is 10.7. The van der Waals surface area contributed by atoms with Crippen molar-refractivity contribution in [2.45, 2.75) is 26.2 Å². The Hall–Kier alpha value is -0.863. The van der Waals surface area contributed by atoms with Gasteiger partial charge >= 0.3 is 0 Å². The fourth-order valence-electron chi connectivity index (χ4n) is 1.63. The molecule has 0 aliphatic heterocycles. The molecule has 0 heterocycles. The van der Waals surface area contributed by atoms with Crippen molar-refractivity contribution < 1.29 is 4.90 Å². The SMILES string of the molecule is C[NH+](C/C=C/[Si](C)(C)C)Cc1ccccc1. The molecule has 1 unspecified atom stereocenters. The van der Waals surface area contributed by atoms with Crippen LogP contribution in [-0.4, -0.2) is 21.7 Å². The Morgan fingerprint density at radius 2 is 1.75 bits per heavy atom. The van der Waals surface area contributed by atoms with Gasteiger partial charge in [0.1, 0.15) is 6.54 Å². The Balaban J connectivity index is 2.37. The molecule has 1 nitrogen and oxygen atoms in total. The zero-order valence-corrected chi connectivity index (χ0v) is 12.0. The molecule has 16 heavy (non-hydrogen) atoms. The predicted octanol–water partition coefficient (Wildman–Crippen LogP) is 2.13. The quantitative estimate of drug-likeness (QED) is 0.745. The van der Waals surface area contributed by atoms with E-state index in [-0.39, 0.29) is 0 Å². The van der Waals surface area contributed by atoms with Crippen LogP contribution in [0.5, 0.6) is 0 Å². The van der Waals surface area contributed by atoms with E-state index in [0.717, 1.165) is 13.1 Å². The number of rotatable bonds is 5. The summed E-state index contributed by atoms with van der Waals surface area (Å²) in [6.45, 7) is 9.35. The fourth-order valence-corrected chi connectivity index (χ4v) is 2.46. The molecular weight excluding hydrogens is 210 g/mol. The second kappa shape index (κ2) is 6.02. The Morgan fingerprint density at radius 1 is 1.12 bits per heavy atom. The van der Waals surface area contributed by atoms with Gasteiger partial charge in [-0.15, -0.1) is 0 Å². The molecule has 0 radical (unpaired) electrons. The Morgan fingerprint density at radius 3 is 2.31 bits per heavy atom. The van der Waals surface area contributed by atoms with Gasteiger partial charge in [0.05, 0.1) is 21.7 Å². The van der Waals surface area contributed by atoms with E-state index in [2.05, 4.69) is 68.8 Å². The van der Waals surface area contributed by atoms with Crippen molar-refractivity contribution in [3.63, 3.8) is 0 Å². The lowest BCUT2D eigenvalue weighted by atomic mass is 10.2. The van der Waals surface area contributed by atoms with Crippen LogP contribution in [-0.2, 0) is 6.54 Å². The molecule has 1 rings (SSSR count). The molecule has 0 aliphatic carbocycles. The number of likely N-dealkylation sites (N-methyl/N-ethyl adjacent to an activating group) is 1. The van der Waals surface area contributed by atoms with Crippen molar-refractivity contribution in [1.82, 2.24) is 0 Å². The molecule has 0 amide bonds. The Bertz CT molecular complexity index is 324. The van der Waals surface area contributed by atoms with Gasteiger partial charge < -0.3 is 4.90 Å². The summed E-state index contributed by atoms with van der Waals surface area (Å²) < 4.78 is 0.